The topological polar surface area (TPSA) is 54.5 Å². The fourth-order valence-corrected chi connectivity index (χ4v) is 3.61. The number of halogens is 1. The Morgan fingerprint density at radius 3 is 2.56 bits per heavy atom. The highest BCUT2D eigenvalue weighted by Crippen LogP contribution is 2.30. The zero-order valence-electron chi connectivity index (χ0n) is 14.0. The normalized spacial score (nSPS) is 11.9. The Balaban J connectivity index is 1.79. The minimum absolute atomic E-state index is 0.232. The van der Waals surface area contributed by atoms with E-state index < -0.39 is 0 Å². The third-order valence-electron chi connectivity index (χ3n) is 3.88. The Hall–Kier alpha value is -2.29. The fourth-order valence-electron chi connectivity index (χ4n) is 2.47. The second kappa shape index (κ2) is 7.73. The SMILES string of the molecule is Cc1ccc(CC(C#N)Sc2nnc(-c3ccccc3Cl)n2C)cc1. The van der Waals surface area contributed by atoms with E-state index in [1.807, 2.05) is 35.9 Å². The van der Waals surface area contributed by atoms with Crippen LogP contribution in [0.5, 0.6) is 0 Å². The molecule has 0 bridgehead atoms. The number of benzene rings is 2. The molecule has 0 saturated carbocycles. The Labute approximate surface area is 156 Å². The van der Waals surface area contributed by atoms with Crippen molar-refractivity contribution in [2.24, 2.45) is 7.05 Å². The molecule has 2 aromatic carbocycles. The molecule has 0 N–H and O–H groups in total. The van der Waals surface area contributed by atoms with Gasteiger partial charge in [0.1, 0.15) is 5.25 Å². The van der Waals surface area contributed by atoms with E-state index in [-0.39, 0.29) is 5.25 Å². The van der Waals surface area contributed by atoms with Crippen LogP contribution in [0, 0.1) is 18.3 Å². The van der Waals surface area contributed by atoms with Crippen molar-refractivity contribution in [3.63, 3.8) is 0 Å². The van der Waals surface area contributed by atoms with Gasteiger partial charge in [-0.25, -0.2) is 0 Å². The summed E-state index contributed by atoms with van der Waals surface area (Å²) in [4.78, 5) is 0. The molecule has 25 heavy (non-hydrogen) atoms. The van der Waals surface area contributed by atoms with E-state index in [9.17, 15) is 5.26 Å². The van der Waals surface area contributed by atoms with Crippen molar-refractivity contribution in [1.82, 2.24) is 14.8 Å². The van der Waals surface area contributed by atoms with Crippen molar-refractivity contribution in [3.05, 3.63) is 64.7 Å². The molecule has 4 nitrogen and oxygen atoms in total. The zero-order valence-corrected chi connectivity index (χ0v) is 15.6. The largest absolute Gasteiger partial charge is 0.305 e. The lowest BCUT2D eigenvalue weighted by Gasteiger charge is -2.09. The molecule has 0 saturated heterocycles. The van der Waals surface area contributed by atoms with Gasteiger partial charge in [-0.1, -0.05) is 65.3 Å². The van der Waals surface area contributed by atoms with Crippen LogP contribution in [0.15, 0.2) is 53.7 Å². The number of thioether (sulfide) groups is 1. The summed E-state index contributed by atoms with van der Waals surface area (Å²) in [5.41, 5.74) is 3.18. The van der Waals surface area contributed by atoms with Gasteiger partial charge in [-0.3, -0.25) is 0 Å². The molecule has 0 fully saturated rings. The molecule has 126 valence electrons. The average Bonchev–Trinajstić information content (AvgIpc) is 2.97. The van der Waals surface area contributed by atoms with Gasteiger partial charge in [0.25, 0.3) is 0 Å². The van der Waals surface area contributed by atoms with Crippen molar-refractivity contribution in [2.75, 3.05) is 0 Å². The first-order chi connectivity index (χ1) is 12.1. The van der Waals surface area contributed by atoms with E-state index in [1.165, 1.54) is 17.3 Å². The average molecular weight is 369 g/mol. The Bertz CT molecular complexity index is 912. The van der Waals surface area contributed by atoms with E-state index in [1.54, 1.807) is 0 Å². The highest BCUT2D eigenvalue weighted by Gasteiger charge is 2.18. The number of aryl methyl sites for hydroxylation is 1. The maximum atomic E-state index is 9.51. The Morgan fingerprint density at radius 2 is 1.88 bits per heavy atom. The molecule has 0 aliphatic rings. The summed E-state index contributed by atoms with van der Waals surface area (Å²) >= 11 is 7.67. The quantitative estimate of drug-likeness (QED) is 0.614. The van der Waals surface area contributed by atoms with E-state index in [0.29, 0.717) is 22.4 Å². The van der Waals surface area contributed by atoms with Gasteiger partial charge >= 0.3 is 0 Å². The lowest BCUT2D eigenvalue weighted by Crippen LogP contribution is -2.06. The summed E-state index contributed by atoms with van der Waals surface area (Å²) in [5, 5.41) is 19.1. The zero-order chi connectivity index (χ0) is 17.8. The monoisotopic (exact) mass is 368 g/mol. The second-order valence-corrected chi connectivity index (χ2v) is 7.35. The van der Waals surface area contributed by atoms with Gasteiger partial charge in [0.15, 0.2) is 11.0 Å². The van der Waals surface area contributed by atoms with E-state index in [0.717, 1.165) is 11.1 Å². The Morgan fingerprint density at radius 1 is 1.16 bits per heavy atom. The van der Waals surface area contributed by atoms with Gasteiger partial charge < -0.3 is 4.57 Å². The summed E-state index contributed by atoms with van der Waals surface area (Å²) in [6.45, 7) is 2.05. The molecular formula is C19H17ClN4S. The lowest BCUT2D eigenvalue weighted by atomic mass is 10.1. The molecule has 1 unspecified atom stereocenters. The smallest absolute Gasteiger partial charge is 0.192 e. The fraction of sp³-hybridized carbons (Fsp3) is 0.211. The number of aromatic nitrogens is 3. The standard InChI is InChI=1S/C19H17ClN4S/c1-13-7-9-14(10-8-13)11-15(12-21)25-19-23-22-18(24(19)2)16-5-3-4-6-17(16)20/h3-10,15H,11H2,1-2H3. The van der Waals surface area contributed by atoms with Crippen molar-refractivity contribution >= 4 is 23.4 Å². The molecule has 0 aliphatic carbocycles. The number of nitrogens with zero attached hydrogens (tertiary/aromatic N) is 4. The molecule has 1 atom stereocenters. The first-order valence-electron chi connectivity index (χ1n) is 7.84. The number of hydrogen-bond acceptors (Lipinski definition) is 4. The number of hydrogen-bond donors (Lipinski definition) is 0. The predicted octanol–water partition coefficient (Wildman–Crippen LogP) is 4.67. The first kappa shape index (κ1) is 17.5. The van der Waals surface area contributed by atoms with Gasteiger partial charge in [-0.05, 0) is 31.0 Å². The van der Waals surface area contributed by atoms with Gasteiger partial charge in [-0.15, -0.1) is 10.2 Å². The molecule has 1 heterocycles. The maximum absolute atomic E-state index is 9.51. The Kier molecular flexibility index (Phi) is 5.42. The summed E-state index contributed by atoms with van der Waals surface area (Å²) in [5.74, 6) is 0.695. The molecule has 0 aliphatic heterocycles. The molecule has 3 rings (SSSR count). The van der Waals surface area contributed by atoms with Gasteiger partial charge in [0, 0.05) is 12.6 Å². The van der Waals surface area contributed by atoms with E-state index in [4.69, 9.17) is 11.6 Å². The highest BCUT2D eigenvalue weighted by molar-refractivity contribution is 8.00. The second-order valence-electron chi connectivity index (χ2n) is 5.77. The summed E-state index contributed by atoms with van der Waals surface area (Å²) in [6, 6.07) is 18.1. The van der Waals surface area contributed by atoms with Crippen LogP contribution in [0.1, 0.15) is 11.1 Å². The van der Waals surface area contributed by atoms with Crippen LogP contribution in [0.25, 0.3) is 11.4 Å². The van der Waals surface area contributed by atoms with Gasteiger partial charge in [0.05, 0.1) is 11.1 Å². The van der Waals surface area contributed by atoms with E-state index >= 15 is 0 Å². The molecular weight excluding hydrogens is 352 g/mol. The van der Waals surface area contributed by atoms with Crippen molar-refractivity contribution in [3.8, 4) is 17.5 Å². The molecule has 0 amide bonds. The minimum Gasteiger partial charge on any atom is -0.305 e. The van der Waals surface area contributed by atoms with Crippen LogP contribution in [0.3, 0.4) is 0 Å². The molecule has 6 heteroatoms. The van der Waals surface area contributed by atoms with Crippen molar-refractivity contribution < 1.29 is 0 Å². The highest BCUT2D eigenvalue weighted by atomic mass is 35.5. The van der Waals surface area contributed by atoms with Crippen molar-refractivity contribution in [1.29, 1.82) is 5.26 Å². The van der Waals surface area contributed by atoms with Crippen LogP contribution >= 0.6 is 23.4 Å². The van der Waals surface area contributed by atoms with Crippen molar-refractivity contribution in [2.45, 2.75) is 23.8 Å². The van der Waals surface area contributed by atoms with Crippen LogP contribution in [-0.2, 0) is 13.5 Å². The first-order valence-corrected chi connectivity index (χ1v) is 9.10. The maximum Gasteiger partial charge on any atom is 0.192 e. The molecule has 0 spiro atoms. The number of rotatable bonds is 5. The molecule has 0 radical (unpaired) electrons. The van der Waals surface area contributed by atoms with Gasteiger partial charge in [0.2, 0.25) is 0 Å². The van der Waals surface area contributed by atoms with E-state index in [2.05, 4.69) is 47.5 Å². The lowest BCUT2D eigenvalue weighted by molar-refractivity contribution is 0.790. The summed E-state index contributed by atoms with van der Waals surface area (Å²) < 4.78 is 1.88. The third kappa shape index (κ3) is 4.04. The summed E-state index contributed by atoms with van der Waals surface area (Å²) in [7, 11) is 1.89. The number of nitriles is 1. The van der Waals surface area contributed by atoms with Crippen LogP contribution in [-0.4, -0.2) is 20.0 Å². The van der Waals surface area contributed by atoms with Gasteiger partial charge in [-0.2, -0.15) is 5.26 Å². The molecule has 3 aromatic rings. The predicted molar refractivity (Wildman–Crippen MR) is 102 cm³/mol. The van der Waals surface area contributed by atoms with Crippen LogP contribution in [0.2, 0.25) is 5.02 Å². The molecule has 1 aromatic heterocycles. The third-order valence-corrected chi connectivity index (χ3v) is 5.34. The summed E-state index contributed by atoms with van der Waals surface area (Å²) in [6.07, 6.45) is 0.662. The minimum atomic E-state index is -0.232. The van der Waals surface area contributed by atoms with Crippen LogP contribution < -0.4 is 0 Å². The van der Waals surface area contributed by atoms with Crippen LogP contribution in [0.4, 0.5) is 0 Å².